The summed E-state index contributed by atoms with van der Waals surface area (Å²) in [5.74, 6) is -0.749. The minimum Gasteiger partial charge on any atom is -0.350 e. The van der Waals surface area contributed by atoms with Gasteiger partial charge in [0.1, 0.15) is 12.6 Å². The van der Waals surface area contributed by atoms with Gasteiger partial charge in [-0.25, -0.2) is 8.42 Å². The number of nitrogens with zero attached hydrogens (tertiary/aromatic N) is 2. The second-order valence-corrected chi connectivity index (χ2v) is 13.4. The largest absolute Gasteiger partial charge is 0.350 e. The minimum atomic E-state index is -4.10. The second-order valence-electron chi connectivity index (χ2n) is 10.7. The molecule has 3 aromatic carbocycles. The Labute approximate surface area is 243 Å². The highest BCUT2D eigenvalue weighted by atomic mass is 32.2. The maximum atomic E-state index is 14.1. The minimum absolute atomic E-state index is 0.0887. The standard InChI is InChI=1S/C31H39N3O4S2/c1-7-28(30(36)32-31(3,4)5)33(21-24-11-9-8-10-12-24)29(35)22-34(25-15-13-23(2)14-16-25)40(37,38)27-19-17-26(39-6)18-20-27/h8-20,28H,7,21-22H2,1-6H3,(H,32,36)/t28-/m1/s1. The fraction of sp³-hybridized carbons (Fsp3) is 0.355. The highest BCUT2D eigenvalue weighted by Crippen LogP contribution is 2.27. The molecule has 3 rings (SSSR count). The van der Waals surface area contributed by atoms with Crippen LogP contribution in [-0.2, 0) is 26.2 Å². The van der Waals surface area contributed by atoms with Gasteiger partial charge >= 0.3 is 0 Å². The number of benzene rings is 3. The third-order valence-electron chi connectivity index (χ3n) is 6.33. The van der Waals surface area contributed by atoms with Gasteiger partial charge in [0, 0.05) is 17.0 Å². The van der Waals surface area contributed by atoms with Gasteiger partial charge in [0.05, 0.1) is 10.6 Å². The molecule has 0 aliphatic heterocycles. The van der Waals surface area contributed by atoms with E-state index in [4.69, 9.17) is 0 Å². The van der Waals surface area contributed by atoms with Gasteiger partial charge in [-0.2, -0.15) is 0 Å². The molecular weight excluding hydrogens is 542 g/mol. The number of rotatable bonds is 11. The van der Waals surface area contributed by atoms with E-state index in [1.54, 1.807) is 36.4 Å². The van der Waals surface area contributed by atoms with Crippen LogP contribution < -0.4 is 9.62 Å². The van der Waals surface area contributed by atoms with Crippen molar-refractivity contribution in [3.63, 3.8) is 0 Å². The fourth-order valence-corrected chi connectivity index (χ4v) is 6.09. The van der Waals surface area contributed by atoms with Gasteiger partial charge in [0.2, 0.25) is 11.8 Å². The summed E-state index contributed by atoms with van der Waals surface area (Å²) in [6.07, 6.45) is 2.29. The van der Waals surface area contributed by atoms with Crippen molar-refractivity contribution in [2.45, 2.75) is 69.0 Å². The first-order chi connectivity index (χ1) is 18.9. The second kappa shape index (κ2) is 13.4. The Morgan fingerprint density at radius 3 is 2.05 bits per heavy atom. The highest BCUT2D eigenvalue weighted by molar-refractivity contribution is 7.98. The van der Waals surface area contributed by atoms with Gasteiger partial charge in [-0.15, -0.1) is 11.8 Å². The predicted molar refractivity (Wildman–Crippen MR) is 163 cm³/mol. The molecule has 0 spiro atoms. The molecule has 3 aromatic rings. The monoisotopic (exact) mass is 581 g/mol. The van der Waals surface area contributed by atoms with E-state index >= 15 is 0 Å². The molecule has 0 heterocycles. The molecule has 0 aromatic heterocycles. The van der Waals surface area contributed by atoms with E-state index in [1.165, 1.54) is 16.7 Å². The summed E-state index contributed by atoms with van der Waals surface area (Å²) >= 11 is 1.51. The van der Waals surface area contributed by atoms with E-state index in [1.807, 2.05) is 83.3 Å². The fourth-order valence-electron chi connectivity index (χ4n) is 4.27. The lowest BCUT2D eigenvalue weighted by molar-refractivity contribution is -0.141. The molecule has 0 aliphatic rings. The first-order valence-electron chi connectivity index (χ1n) is 13.2. The van der Waals surface area contributed by atoms with E-state index in [0.29, 0.717) is 12.1 Å². The van der Waals surface area contributed by atoms with Gasteiger partial charge < -0.3 is 10.2 Å². The summed E-state index contributed by atoms with van der Waals surface area (Å²) in [5.41, 5.74) is 1.69. The van der Waals surface area contributed by atoms with Crippen LogP contribution in [0.3, 0.4) is 0 Å². The van der Waals surface area contributed by atoms with Crippen LogP contribution in [0.1, 0.15) is 45.2 Å². The van der Waals surface area contributed by atoms with Crippen molar-refractivity contribution in [3.05, 3.63) is 90.0 Å². The molecule has 0 unspecified atom stereocenters. The quantitative estimate of drug-likeness (QED) is 0.297. The number of anilines is 1. The van der Waals surface area contributed by atoms with Crippen molar-refractivity contribution in [2.75, 3.05) is 17.1 Å². The average molecular weight is 582 g/mol. The summed E-state index contributed by atoms with van der Waals surface area (Å²) in [7, 11) is -4.10. The van der Waals surface area contributed by atoms with Crippen LogP contribution in [0, 0.1) is 6.92 Å². The van der Waals surface area contributed by atoms with Crippen LogP contribution in [-0.4, -0.2) is 49.5 Å². The first kappa shape index (κ1) is 31.2. The number of sulfonamides is 1. The Morgan fingerprint density at radius 1 is 0.925 bits per heavy atom. The molecule has 7 nitrogen and oxygen atoms in total. The molecule has 214 valence electrons. The molecule has 0 aliphatic carbocycles. The summed E-state index contributed by atoms with van der Waals surface area (Å²) in [4.78, 5) is 30.0. The Bertz CT molecular complexity index is 1390. The molecule has 0 radical (unpaired) electrons. The van der Waals surface area contributed by atoms with E-state index in [-0.39, 0.29) is 17.3 Å². The molecule has 9 heteroatoms. The van der Waals surface area contributed by atoms with Crippen LogP contribution in [0.2, 0.25) is 0 Å². The van der Waals surface area contributed by atoms with Crippen LogP contribution in [0.15, 0.2) is 88.7 Å². The predicted octanol–water partition coefficient (Wildman–Crippen LogP) is 5.63. The van der Waals surface area contributed by atoms with Gasteiger partial charge in [0.25, 0.3) is 10.0 Å². The number of amides is 2. The smallest absolute Gasteiger partial charge is 0.264 e. The molecule has 1 N–H and O–H groups in total. The summed E-state index contributed by atoms with van der Waals surface area (Å²) in [6, 6.07) is 22.2. The van der Waals surface area contributed by atoms with E-state index in [9.17, 15) is 18.0 Å². The maximum absolute atomic E-state index is 14.1. The van der Waals surface area contributed by atoms with Crippen molar-refractivity contribution in [3.8, 4) is 0 Å². The van der Waals surface area contributed by atoms with Gasteiger partial charge in [0.15, 0.2) is 0 Å². The normalized spacial score (nSPS) is 12.4. The summed E-state index contributed by atoms with van der Waals surface area (Å²) in [5, 5.41) is 2.98. The summed E-state index contributed by atoms with van der Waals surface area (Å²) < 4.78 is 29.1. The average Bonchev–Trinajstić information content (AvgIpc) is 2.91. The van der Waals surface area contributed by atoms with E-state index < -0.39 is 34.1 Å². The van der Waals surface area contributed by atoms with Gasteiger partial charge in [-0.1, -0.05) is 55.0 Å². The topological polar surface area (TPSA) is 86.8 Å². The third kappa shape index (κ3) is 8.11. The number of thioether (sulfide) groups is 1. The van der Waals surface area contributed by atoms with Crippen LogP contribution in [0.4, 0.5) is 5.69 Å². The highest BCUT2D eigenvalue weighted by Gasteiger charge is 2.34. The van der Waals surface area contributed by atoms with Crippen LogP contribution >= 0.6 is 11.8 Å². The Hall–Kier alpha value is -3.30. The number of hydrogen-bond acceptors (Lipinski definition) is 5. The van der Waals surface area contributed by atoms with Crippen LogP contribution in [0.25, 0.3) is 0 Å². The first-order valence-corrected chi connectivity index (χ1v) is 15.9. The molecule has 0 saturated heterocycles. The molecule has 40 heavy (non-hydrogen) atoms. The zero-order valence-corrected chi connectivity index (χ0v) is 25.7. The van der Waals surface area contributed by atoms with E-state index in [2.05, 4.69) is 5.32 Å². The van der Waals surface area contributed by atoms with Gasteiger partial charge in [-0.3, -0.25) is 13.9 Å². The molecule has 0 bridgehead atoms. The zero-order chi connectivity index (χ0) is 29.5. The van der Waals surface area contributed by atoms with Crippen molar-refractivity contribution in [1.82, 2.24) is 10.2 Å². The lowest BCUT2D eigenvalue weighted by Crippen LogP contribution is -2.55. The number of hydrogen-bond donors (Lipinski definition) is 1. The molecule has 1 atom stereocenters. The maximum Gasteiger partial charge on any atom is 0.264 e. The number of aryl methyl sites for hydroxylation is 1. The Kier molecular flexibility index (Phi) is 10.4. The summed E-state index contributed by atoms with van der Waals surface area (Å²) in [6.45, 7) is 9.12. The van der Waals surface area contributed by atoms with Crippen molar-refractivity contribution >= 4 is 39.3 Å². The Balaban J connectivity index is 2.05. The molecule has 0 fully saturated rings. The van der Waals surface area contributed by atoms with E-state index in [0.717, 1.165) is 20.3 Å². The number of carbonyl (C=O) groups is 2. The molecule has 2 amide bonds. The van der Waals surface area contributed by atoms with Crippen molar-refractivity contribution in [2.24, 2.45) is 0 Å². The molecular formula is C31H39N3O4S2. The number of nitrogens with one attached hydrogen (secondary N) is 1. The van der Waals surface area contributed by atoms with Crippen molar-refractivity contribution in [1.29, 1.82) is 0 Å². The SMILES string of the molecule is CC[C@H](C(=O)NC(C)(C)C)N(Cc1ccccc1)C(=O)CN(c1ccc(C)cc1)S(=O)(=O)c1ccc(SC)cc1. The third-order valence-corrected chi connectivity index (χ3v) is 8.86. The van der Waals surface area contributed by atoms with Gasteiger partial charge in [-0.05, 0) is 82.3 Å². The lowest BCUT2D eigenvalue weighted by atomic mass is 10.1. The Morgan fingerprint density at radius 2 is 1.52 bits per heavy atom. The number of carbonyl (C=O) groups excluding carboxylic acids is 2. The lowest BCUT2D eigenvalue weighted by Gasteiger charge is -2.34. The van der Waals surface area contributed by atoms with Crippen LogP contribution in [0.5, 0.6) is 0 Å². The zero-order valence-electron chi connectivity index (χ0n) is 24.0. The van der Waals surface area contributed by atoms with Crippen molar-refractivity contribution < 1.29 is 18.0 Å². The molecule has 0 saturated carbocycles.